The van der Waals surface area contributed by atoms with Crippen LogP contribution in [0.4, 0.5) is 0 Å². The van der Waals surface area contributed by atoms with Crippen molar-refractivity contribution < 1.29 is 4.74 Å². The van der Waals surface area contributed by atoms with E-state index >= 15 is 0 Å². The van der Waals surface area contributed by atoms with E-state index in [2.05, 4.69) is 6.92 Å². The van der Waals surface area contributed by atoms with E-state index in [1.54, 1.807) is 13.2 Å². The normalized spacial score (nSPS) is 14.6. The lowest BCUT2D eigenvalue weighted by Gasteiger charge is -2.22. The lowest BCUT2D eigenvalue weighted by Crippen LogP contribution is -2.38. The zero-order chi connectivity index (χ0) is 12.8. The summed E-state index contributed by atoms with van der Waals surface area (Å²) in [6.45, 7) is 2.12. The molecule has 0 saturated carbocycles. The zero-order valence-corrected chi connectivity index (χ0v) is 11.8. The summed E-state index contributed by atoms with van der Waals surface area (Å²) in [5.74, 6) is 0. The fraction of sp³-hybridized carbons (Fsp3) is 0.538. The van der Waals surface area contributed by atoms with E-state index in [0.29, 0.717) is 16.5 Å². The molecule has 2 atom stereocenters. The number of hydrogen-bond acceptors (Lipinski definition) is 2. The number of halogens is 2. The molecule has 2 N–H and O–H groups in total. The summed E-state index contributed by atoms with van der Waals surface area (Å²) in [5.41, 5.74) is 7.12. The van der Waals surface area contributed by atoms with Crippen LogP contribution in [0, 0.1) is 0 Å². The molecule has 0 saturated heterocycles. The maximum atomic E-state index is 6.14. The Hall–Kier alpha value is -0.280. The molecule has 1 aromatic carbocycles. The predicted molar refractivity (Wildman–Crippen MR) is 73.8 cm³/mol. The molecule has 0 heterocycles. The van der Waals surface area contributed by atoms with E-state index in [1.165, 1.54) is 0 Å². The number of benzene rings is 1. The molecule has 96 valence electrons. The topological polar surface area (TPSA) is 35.2 Å². The molecule has 4 heteroatoms. The highest BCUT2D eigenvalue weighted by Gasteiger charge is 2.18. The molecular weight excluding hydrogens is 257 g/mol. The quantitative estimate of drug-likeness (QED) is 0.860. The Labute approximate surface area is 113 Å². The van der Waals surface area contributed by atoms with Crippen LogP contribution >= 0.6 is 23.2 Å². The average molecular weight is 276 g/mol. The molecule has 0 aliphatic carbocycles. The first-order valence-electron chi connectivity index (χ1n) is 5.81. The van der Waals surface area contributed by atoms with Crippen molar-refractivity contribution in [3.63, 3.8) is 0 Å². The van der Waals surface area contributed by atoms with Crippen LogP contribution in [-0.2, 0) is 11.2 Å². The van der Waals surface area contributed by atoms with Gasteiger partial charge >= 0.3 is 0 Å². The summed E-state index contributed by atoms with van der Waals surface area (Å²) in [6, 6.07) is 5.56. The van der Waals surface area contributed by atoms with Crippen molar-refractivity contribution >= 4 is 23.2 Å². The molecule has 0 spiro atoms. The van der Waals surface area contributed by atoms with Gasteiger partial charge in [-0.2, -0.15) is 0 Å². The molecule has 1 aromatic rings. The molecule has 2 unspecified atom stereocenters. The maximum absolute atomic E-state index is 6.14. The van der Waals surface area contributed by atoms with Crippen molar-refractivity contribution in [3.8, 4) is 0 Å². The van der Waals surface area contributed by atoms with Crippen molar-refractivity contribution in [3.05, 3.63) is 33.8 Å². The summed E-state index contributed by atoms with van der Waals surface area (Å²) in [4.78, 5) is 0. The van der Waals surface area contributed by atoms with Crippen LogP contribution in [0.1, 0.15) is 25.3 Å². The summed E-state index contributed by atoms with van der Waals surface area (Å²) in [6.07, 6.45) is 2.75. The molecule has 0 fully saturated rings. The Morgan fingerprint density at radius 2 is 2.06 bits per heavy atom. The fourth-order valence-electron chi connectivity index (χ4n) is 1.88. The van der Waals surface area contributed by atoms with E-state index in [-0.39, 0.29) is 12.1 Å². The Morgan fingerprint density at radius 3 is 2.65 bits per heavy atom. The first kappa shape index (κ1) is 14.8. The van der Waals surface area contributed by atoms with E-state index in [4.69, 9.17) is 33.7 Å². The van der Waals surface area contributed by atoms with Gasteiger partial charge in [-0.1, -0.05) is 48.7 Å². The van der Waals surface area contributed by atoms with E-state index < -0.39 is 0 Å². The number of nitrogens with two attached hydrogens (primary N) is 1. The number of methoxy groups -OCH3 is 1. The second kappa shape index (κ2) is 7.22. The maximum Gasteiger partial charge on any atom is 0.0725 e. The van der Waals surface area contributed by atoms with Gasteiger partial charge in [-0.25, -0.2) is 0 Å². The molecule has 0 radical (unpaired) electrons. The predicted octanol–water partition coefficient (Wildman–Crippen LogP) is 3.68. The summed E-state index contributed by atoms with van der Waals surface area (Å²) in [5, 5.41) is 1.16. The molecule has 17 heavy (non-hydrogen) atoms. The fourth-order valence-corrected chi connectivity index (χ4v) is 2.28. The molecule has 0 aliphatic rings. The van der Waals surface area contributed by atoms with Crippen molar-refractivity contribution in [1.29, 1.82) is 0 Å². The van der Waals surface area contributed by atoms with Crippen LogP contribution in [0.2, 0.25) is 10.0 Å². The average Bonchev–Trinajstić information content (AvgIpc) is 2.31. The van der Waals surface area contributed by atoms with E-state index in [1.807, 2.05) is 12.1 Å². The van der Waals surface area contributed by atoms with Crippen molar-refractivity contribution in [2.75, 3.05) is 7.11 Å². The molecular formula is C13H19Cl2NO. The minimum Gasteiger partial charge on any atom is -0.380 e. The highest BCUT2D eigenvalue weighted by atomic mass is 35.5. The van der Waals surface area contributed by atoms with Gasteiger partial charge in [0, 0.05) is 13.2 Å². The van der Waals surface area contributed by atoms with Gasteiger partial charge in [0.05, 0.1) is 16.1 Å². The molecule has 2 nitrogen and oxygen atoms in total. The van der Waals surface area contributed by atoms with Gasteiger partial charge in [0.15, 0.2) is 0 Å². The lowest BCUT2D eigenvalue weighted by molar-refractivity contribution is 0.0727. The largest absolute Gasteiger partial charge is 0.380 e. The second-order valence-corrected chi connectivity index (χ2v) is 4.93. The first-order valence-corrected chi connectivity index (χ1v) is 6.57. The molecule has 1 rings (SSSR count). The SMILES string of the molecule is CCCC(OC)C(N)Cc1cccc(Cl)c1Cl. The Kier molecular flexibility index (Phi) is 6.28. The van der Waals surface area contributed by atoms with Crippen LogP contribution in [0.3, 0.4) is 0 Å². The van der Waals surface area contributed by atoms with Crippen LogP contribution in [0.5, 0.6) is 0 Å². The zero-order valence-electron chi connectivity index (χ0n) is 10.2. The molecule has 0 aliphatic heterocycles. The van der Waals surface area contributed by atoms with E-state index in [0.717, 1.165) is 18.4 Å². The lowest BCUT2D eigenvalue weighted by atomic mass is 9.99. The van der Waals surface area contributed by atoms with Crippen LogP contribution < -0.4 is 5.73 Å². The van der Waals surface area contributed by atoms with Crippen molar-refractivity contribution in [1.82, 2.24) is 0 Å². The highest BCUT2D eigenvalue weighted by Crippen LogP contribution is 2.26. The molecule has 0 bridgehead atoms. The van der Waals surface area contributed by atoms with Crippen LogP contribution in [-0.4, -0.2) is 19.3 Å². The van der Waals surface area contributed by atoms with Gasteiger partial charge in [0.2, 0.25) is 0 Å². The minimum atomic E-state index is -0.0593. The monoisotopic (exact) mass is 275 g/mol. The smallest absolute Gasteiger partial charge is 0.0725 e. The third kappa shape index (κ3) is 4.14. The number of hydrogen-bond donors (Lipinski definition) is 1. The van der Waals surface area contributed by atoms with Crippen molar-refractivity contribution in [2.45, 2.75) is 38.3 Å². The Balaban J connectivity index is 2.72. The second-order valence-electron chi connectivity index (χ2n) is 4.14. The third-order valence-corrected chi connectivity index (χ3v) is 3.70. The molecule has 0 aromatic heterocycles. The first-order chi connectivity index (χ1) is 8.10. The van der Waals surface area contributed by atoms with Gasteiger partial charge in [0.1, 0.15) is 0 Å². The Bertz CT molecular complexity index is 357. The minimum absolute atomic E-state index is 0.0593. The van der Waals surface area contributed by atoms with E-state index in [9.17, 15) is 0 Å². The van der Waals surface area contributed by atoms with Gasteiger partial charge in [0.25, 0.3) is 0 Å². The van der Waals surface area contributed by atoms with Gasteiger partial charge in [-0.05, 0) is 24.5 Å². The summed E-state index contributed by atoms with van der Waals surface area (Å²) in [7, 11) is 1.69. The summed E-state index contributed by atoms with van der Waals surface area (Å²) >= 11 is 12.1. The Morgan fingerprint density at radius 1 is 1.35 bits per heavy atom. The van der Waals surface area contributed by atoms with Gasteiger partial charge in [-0.3, -0.25) is 0 Å². The standard InChI is InChI=1S/C13H19Cl2NO/c1-3-5-12(17-2)11(16)8-9-6-4-7-10(14)13(9)15/h4,6-7,11-12H,3,5,8,16H2,1-2H3. The van der Waals surface area contributed by atoms with Gasteiger partial charge in [-0.15, -0.1) is 0 Å². The van der Waals surface area contributed by atoms with Gasteiger partial charge < -0.3 is 10.5 Å². The van der Waals surface area contributed by atoms with Crippen LogP contribution in [0.25, 0.3) is 0 Å². The number of rotatable bonds is 6. The van der Waals surface area contributed by atoms with Crippen LogP contribution in [0.15, 0.2) is 18.2 Å². The molecule has 0 amide bonds. The highest BCUT2D eigenvalue weighted by molar-refractivity contribution is 6.42. The summed E-state index contributed by atoms with van der Waals surface area (Å²) < 4.78 is 5.39. The third-order valence-electron chi connectivity index (χ3n) is 2.84. The number of ether oxygens (including phenoxy) is 1. The van der Waals surface area contributed by atoms with Crippen molar-refractivity contribution in [2.24, 2.45) is 5.73 Å².